The second-order valence-corrected chi connectivity index (χ2v) is 4.40. The Morgan fingerprint density at radius 2 is 1.88 bits per heavy atom. The molecule has 0 radical (unpaired) electrons. The highest BCUT2D eigenvalue weighted by atomic mass is 79.9. The van der Waals surface area contributed by atoms with Crippen molar-refractivity contribution < 1.29 is 4.39 Å². The minimum absolute atomic E-state index is 0.186. The first-order valence-electron chi connectivity index (χ1n) is 4.09. The highest BCUT2D eigenvalue weighted by molar-refractivity contribution is 9.10. The lowest BCUT2D eigenvalue weighted by Gasteiger charge is -2.04. The summed E-state index contributed by atoms with van der Waals surface area (Å²) >= 11 is 14.3. The fraction of sp³-hybridized carbons (Fsp3) is 0. The molecule has 0 saturated carbocycles. The zero-order valence-electron chi connectivity index (χ0n) is 8.22. The number of benzene rings is 1. The van der Waals surface area contributed by atoms with Gasteiger partial charge in [0.2, 0.25) is 5.96 Å². The van der Waals surface area contributed by atoms with Gasteiger partial charge in [0.15, 0.2) is 11.8 Å². The lowest BCUT2D eigenvalue weighted by Crippen LogP contribution is -2.26. The number of aliphatic imine (C=N–C) groups is 2. The molecule has 0 fully saturated rings. The van der Waals surface area contributed by atoms with E-state index in [1.807, 2.05) is 0 Å². The molecule has 0 atom stereocenters. The van der Waals surface area contributed by atoms with Crippen LogP contribution in [0.2, 0.25) is 10.0 Å². The third kappa shape index (κ3) is 3.45. The van der Waals surface area contributed by atoms with Gasteiger partial charge in [-0.3, -0.25) is 0 Å². The van der Waals surface area contributed by atoms with Gasteiger partial charge in [0.1, 0.15) is 0 Å². The summed E-state index contributed by atoms with van der Waals surface area (Å²) in [6, 6.07) is 1.24. The average Bonchev–Trinajstić information content (AvgIpc) is 2.21. The predicted molar refractivity (Wildman–Crippen MR) is 71.2 cm³/mol. The van der Waals surface area contributed by atoms with E-state index in [0.29, 0.717) is 0 Å². The topological polar surface area (TPSA) is 103 Å². The van der Waals surface area contributed by atoms with Crippen LogP contribution in [0.1, 0.15) is 0 Å². The molecule has 0 aliphatic carbocycles. The summed E-state index contributed by atoms with van der Waals surface area (Å²) < 4.78 is 13.5. The highest BCUT2D eigenvalue weighted by Gasteiger charge is 2.14. The maximum atomic E-state index is 13.3. The van der Waals surface area contributed by atoms with Crippen LogP contribution in [0.4, 0.5) is 10.1 Å². The van der Waals surface area contributed by atoms with Crippen molar-refractivity contribution in [2.75, 3.05) is 0 Å². The molecule has 0 aliphatic rings. The molecule has 9 heteroatoms. The van der Waals surface area contributed by atoms with Crippen molar-refractivity contribution in [2.45, 2.75) is 0 Å². The molecule has 0 saturated heterocycles. The fourth-order valence-corrected chi connectivity index (χ4v) is 1.74. The Hall–Kier alpha value is -1.05. The first-order valence-corrected chi connectivity index (χ1v) is 5.64. The Balaban J connectivity index is 3.30. The standard InChI is InChI=1S/C8H7BrCl2FN5/c9-4-3(16-8(15)17-7(13)14)1-2(10)6(12)5(4)11/h1H,(H6,13,14,15,16,17). The van der Waals surface area contributed by atoms with Gasteiger partial charge in [-0.15, -0.1) is 0 Å². The molecule has 6 N–H and O–H groups in total. The van der Waals surface area contributed by atoms with Gasteiger partial charge in [0.25, 0.3) is 0 Å². The molecule has 1 aromatic carbocycles. The lowest BCUT2D eigenvalue weighted by molar-refractivity contribution is 0.628. The molecule has 0 bridgehead atoms. The van der Waals surface area contributed by atoms with Gasteiger partial charge >= 0.3 is 0 Å². The Morgan fingerprint density at radius 3 is 2.41 bits per heavy atom. The van der Waals surface area contributed by atoms with Crippen LogP contribution >= 0.6 is 39.1 Å². The summed E-state index contributed by atoms with van der Waals surface area (Å²) in [7, 11) is 0. The molecule has 1 rings (SSSR count). The summed E-state index contributed by atoms with van der Waals surface area (Å²) in [6.07, 6.45) is 0. The van der Waals surface area contributed by atoms with E-state index in [0.717, 1.165) is 0 Å². The van der Waals surface area contributed by atoms with Crippen LogP contribution in [0, 0.1) is 5.82 Å². The summed E-state index contributed by atoms with van der Waals surface area (Å²) in [5.41, 5.74) is 15.9. The highest BCUT2D eigenvalue weighted by Crippen LogP contribution is 2.38. The molecule has 1 aromatic rings. The minimum atomic E-state index is -0.750. The molecule has 0 aromatic heterocycles. The normalized spacial score (nSPS) is 11.4. The molecule has 92 valence electrons. The second kappa shape index (κ2) is 5.52. The van der Waals surface area contributed by atoms with Crippen molar-refractivity contribution in [3.8, 4) is 0 Å². The third-order valence-corrected chi connectivity index (χ3v) is 3.22. The number of hydrogen-bond acceptors (Lipinski definition) is 1. The molecule has 0 unspecified atom stereocenters. The van der Waals surface area contributed by atoms with E-state index in [9.17, 15) is 4.39 Å². The molecule has 0 aliphatic heterocycles. The van der Waals surface area contributed by atoms with Crippen molar-refractivity contribution in [3.05, 3.63) is 26.4 Å². The maximum Gasteiger partial charge on any atom is 0.223 e. The van der Waals surface area contributed by atoms with Gasteiger partial charge in [-0.1, -0.05) is 23.2 Å². The number of nitrogens with two attached hydrogens (primary N) is 3. The number of guanidine groups is 2. The van der Waals surface area contributed by atoms with E-state index in [1.165, 1.54) is 6.07 Å². The van der Waals surface area contributed by atoms with E-state index < -0.39 is 5.82 Å². The second-order valence-electron chi connectivity index (χ2n) is 2.83. The number of rotatable bonds is 1. The van der Waals surface area contributed by atoms with Crippen molar-refractivity contribution in [2.24, 2.45) is 27.2 Å². The van der Waals surface area contributed by atoms with Crippen LogP contribution in [-0.4, -0.2) is 11.9 Å². The van der Waals surface area contributed by atoms with Crippen molar-refractivity contribution >= 4 is 56.7 Å². The van der Waals surface area contributed by atoms with E-state index >= 15 is 0 Å². The summed E-state index contributed by atoms with van der Waals surface area (Å²) in [5, 5.41) is -0.386. The van der Waals surface area contributed by atoms with E-state index in [1.54, 1.807) is 0 Å². The number of halogens is 4. The first kappa shape index (κ1) is 14.0. The van der Waals surface area contributed by atoms with Gasteiger partial charge in [0.05, 0.1) is 20.2 Å². The van der Waals surface area contributed by atoms with Gasteiger partial charge in [-0.05, 0) is 22.0 Å². The minimum Gasteiger partial charge on any atom is -0.370 e. The summed E-state index contributed by atoms with van der Waals surface area (Å²) in [4.78, 5) is 7.32. The number of hydrogen-bond donors (Lipinski definition) is 3. The quantitative estimate of drug-likeness (QED) is 0.315. The number of nitrogens with zero attached hydrogens (tertiary/aromatic N) is 2. The Labute approximate surface area is 115 Å². The van der Waals surface area contributed by atoms with E-state index in [2.05, 4.69) is 25.9 Å². The largest absolute Gasteiger partial charge is 0.370 e. The van der Waals surface area contributed by atoms with Crippen LogP contribution in [0.25, 0.3) is 0 Å². The van der Waals surface area contributed by atoms with Crippen molar-refractivity contribution in [3.63, 3.8) is 0 Å². The monoisotopic (exact) mass is 341 g/mol. The van der Waals surface area contributed by atoms with Crippen LogP contribution in [0.15, 0.2) is 20.5 Å². The first-order chi connectivity index (χ1) is 7.82. The van der Waals surface area contributed by atoms with Crippen LogP contribution in [0.3, 0.4) is 0 Å². The van der Waals surface area contributed by atoms with Gasteiger partial charge in [-0.2, -0.15) is 4.99 Å². The predicted octanol–water partition coefficient (Wildman–Crippen LogP) is 2.11. The Bertz CT molecular complexity index is 513. The molecule has 5 nitrogen and oxygen atoms in total. The molecule has 0 spiro atoms. The SMILES string of the molecule is NC(N)=NC(N)=Nc1cc(Cl)c(F)c(Cl)c1Br. The summed E-state index contributed by atoms with van der Waals surface area (Å²) in [6.45, 7) is 0. The van der Waals surface area contributed by atoms with Crippen LogP contribution in [0.5, 0.6) is 0 Å². The zero-order valence-corrected chi connectivity index (χ0v) is 11.3. The molecular weight excluding hydrogens is 336 g/mol. The Kier molecular flexibility index (Phi) is 4.55. The maximum absolute atomic E-state index is 13.3. The van der Waals surface area contributed by atoms with Gasteiger partial charge in [0, 0.05) is 0 Å². The van der Waals surface area contributed by atoms with Crippen LogP contribution < -0.4 is 17.2 Å². The van der Waals surface area contributed by atoms with E-state index in [-0.39, 0.29) is 32.1 Å². The molecular formula is C8H7BrCl2FN5. The van der Waals surface area contributed by atoms with Crippen molar-refractivity contribution in [1.29, 1.82) is 0 Å². The van der Waals surface area contributed by atoms with Gasteiger partial charge in [-0.25, -0.2) is 9.38 Å². The lowest BCUT2D eigenvalue weighted by atomic mass is 10.3. The average molecular weight is 343 g/mol. The molecule has 0 amide bonds. The zero-order chi connectivity index (χ0) is 13.2. The third-order valence-electron chi connectivity index (χ3n) is 1.56. The molecule has 17 heavy (non-hydrogen) atoms. The fourth-order valence-electron chi connectivity index (χ4n) is 0.922. The van der Waals surface area contributed by atoms with E-state index in [4.69, 9.17) is 40.4 Å². The van der Waals surface area contributed by atoms with Gasteiger partial charge < -0.3 is 17.2 Å². The van der Waals surface area contributed by atoms with Crippen LogP contribution in [-0.2, 0) is 0 Å². The summed E-state index contributed by atoms with van der Waals surface area (Å²) in [5.74, 6) is -1.20. The molecule has 0 heterocycles. The smallest absolute Gasteiger partial charge is 0.223 e. The Morgan fingerprint density at radius 1 is 1.29 bits per heavy atom. The van der Waals surface area contributed by atoms with Crippen molar-refractivity contribution in [1.82, 2.24) is 0 Å².